The van der Waals surface area contributed by atoms with Crippen LogP contribution in [-0.4, -0.2) is 69.3 Å². The van der Waals surface area contributed by atoms with Crippen molar-refractivity contribution >= 4 is 43.4 Å². The smallest absolute Gasteiger partial charge is 0.319 e. The van der Waals surface area contributed by atoms with Crippen LogP contribution in [0.25, 0.3) is 32.4 Å². The van der Waals surface area contributed by atoms with Crippen LogP contribution in [0, 0.1) is 11.6 Å². The van der Waals surface area contributed by atoms with Gasteiger partial charge in [0.2, 0.25) is 0 Å². The predicted octanol–water partition coefficient (Wildman–Crippen LogP) is 5.27. The summed E-state index contributed by atoms with van der Waals surface area (Å²) in [6.07, 6.45) is 8.79. The topological polar surface area (TPSA) is 93.3 Å². The van der Waals surface area contributed by atoms with E-state index in [0.717, 1.165) is 43.6 Å². The van der Waals surface area contributed by atoms with E-state index < -0.39 is 23.3 Å². The molecule has 0 spiro atoms. The average Bonchev–Trinajstić information content (AvgIpc) is 3.52. The number of thiazole rings is 1. The molecule has 3 aromatic heterocycles. The van der Waals surface area contributed by atoms with Gasteiger partial charge in [0, 0.05) is 37.8 Å². The summed E-state index contributed by atoms with van der Waals surface area (Å²) in [6.45, 7) is 2.87. The van der Waals surface area contributed by atoms with Crippen LogP contribution in [0.5, 0.6) is 6.01 Å². The van der Waals surface area contributed by atoms with E-state index >= 15 is 4.39 Å². The molecule has 2 unspecified atom stereocenters. The van der Waals surface area contributed by atoms with E-state index in [4.69, 9.17) is 15.5 Å². The monoisotopic (exact) mass is 567 g/mol. The molecule has 6 heterocycles. The van der Waals surface area contributed by atoms with E-state index in [1.54, 1.807) is 6.20 Å². The average molecular weight is 568 g/mol. The number of rotatable bonds is 5. The molecule has 40 heavy (non-hydrogen) atoms. The fourth-order valence-electron chi connectivity index (χ4n) is 6.37. The Morgan fingerprint density at radius 3 is 2.73 bits per heavy atom. The minimum Gasteiger partial charge on any atom is -0.461 e. The van der Waals surface area contributed by atoms with Crippen molar-refractivity contribution in [1.29, 1.82) is 0 Å². The second kappa shape index (κ2) is 9.84. The molecule has 12 heteroatoms. The Kier molecular flexibility index (Phi) is 6.26. The molecule has 2 saturated heterocycles. The van der Waals surface area contributed by atoms with Crippen molar-refractivity contribution in [3.05, 3.63) is 42.1 Å². The second-order valence-electron chi connectivity index (χ2n) is 10.7. The Morgan fingerprint density at radius 2 is 1.90 bits per heavy atom. The number of halogens is 3. The third kappa shape index (κ3) is 4.24. The number of nitrogens with zero attached hydrogens (tertiary/aromatic N) is 6. The third-order valence-corrected chi connectivity index (χ3v) is 9.13. The number of aromatic nitrogens is 4. The number of nitrogen functional groups attached to an aromatic ring is 1. The quantitative estimate of drug-likeness (QED) is 0.326. The van der Waals surface area contributed by atoms with Crippen molar-refractivity contribution in [2.45, 2.75) is 43.8 Å². The zero-order chi connectivity index (χ0) is 27.4. The zero-order valence-electron chi connectivity index (χ0n) is 21.7. The molecule has 7 rings (SSSR count). The summed E-state index contributed by atoms with van der Waals surface area (Å²) in [5.74, 6) is -0.616. The van der Waals surface area contributed by atoms with Gasteiger partial charge in [-0.1, -0.05) is 23.5 Å². The lowest BCUT2D eigenvalue weighted by Gasteiger charge is -2.31. The number of hydrogen-bond donors (Lipinski definition) is 1. The van der Waals surface area contributed by atoms with Gasteiger partial charge < -0.3 is 15.4 Å². The maximum absolute atomic E-state index is 16.4. The summed E-state index contributed by atoms with van der Waals surface area (Å²) in [5.41, 5.74) is 6.08. The normalized spacial score (nSPS) is 23.3. The summed E-state index contributed by atoms with van der Waals surface area (Å²) in [4.78, 5) is 22.2. The van der Waals surface area contributed by atoms with Crippen molar-refractivity contribution in [3.63, 3.8) is 0 Å². The van der Waals surface area contributed by atoms with Crippen molar-refractivity contribution in [2.24, 2.45) is 0 Å². The molecule has 3 aliphatic rings. The Labute approximate surface area is 232 Å². The maximum atomic E-state index is 16.4. The standard InChI is InChI=1S/C28H28F3N7OS/c29-16-12-28(8-5-11-38(28)14-16)15-39-27-35-22-18(25(36-27)37-9-3-1-2-4-10-37)13-33-21(20(22)31)17-6-7-19(30)24-23(17)34-26(32)40-24/h1-2,6-7,13,16H,3-5,8-12,14-15H2,(H2,32,34). The number of hydrogen-bond acceptors (Lipinski definition) is 9. The fourth-order valence-corrected chi connectivity index (χ4v) is 7.13. The van der Waals surface area contributed by atoms with Gasteiger partial charge in [0.05, 0.1) is 21.1 Å². The lowest BCUT2D eigenvalue weighted by molar-refractivity contribution is 0.107. The molecule has 0 bridgehead atoms. The second-order valence-corrected chi connectivity index (χ2v) is 11.8. The number of benzene rings is 1. The van der Waals surface area contributed by atoms with Gasteiger partial charge in [-0.05, 0) is 44.4 Å². The molecule has 3 aliphatic heterocycles. The number of fused-ring (bicyclic) bond motifs is 3. The van der Waals surface area contributed by atoms with E-state index in [9.17, 15) is 8.78 Å². The van der Waals surface area contributed by atoms with E-state index in [0.29, 0.717) is 42.8 Å². The van der Waals surface area contributed by atoms with Crippen molar-refractivity contribution in [1.82, 2.24) is 24.8 Å². The Balaban J connectivity index is 1.34. The highest BCUT2D eigenvalue weighted by Gasteiger charge is 2.49. The summed E-state index contributed by atoms with van der Waals surface area (Å²) >= 11 is 1.00. The molecule has 0 amide bonds. The highest BCUT2D eigenvalue weighted by atomic mass is 32.1. The minimum atomic E-state index is -0.889. The van der Waals surface area contributed by atoms with Gasteiger partial charge in [0.25, 0.3) is 0 Å². The molecule has 8 nitrogen and oxygen atoms in total. The number of ether oxygens (including phenoxy) is 1. The largest absolute Gasteiger partial charge is 0.461 e. The Hall–Kier alpha value is -3.51. The first-order valence-electron chi connectivity index (χ1n) is 13.5. The maximum Gasteiger partial charge on any atom is 0.319 e. The van der Waals surface area contributed by atoms with Gasteiger partial charge in [0.15, 0.2) is 10.9 Å². The summed E-state index contributed by atoms with van der Waals surface area (Å²) in [6, 6.07) is 2.76. The third-order valence-electron chi connectivity index (χ3n) is 8.24. The highest BCUT2D eigenvalue weighted by Crippen LogP contribution is 2.41. The Morgan fingerprint density at radius 1 is 1.07 bits per heavy atom. The molecule has 0 radical (unpaired) electrons. The van der Waals surface area contributed by atoms with Gasteiger partial charge in [-0.3, -0.25) is 9.88 Å². The number of pyridine rings is 1. The van der Waals surface area contributed by atoms with Gasteiger partial charge in [-0.25, -0.2) is 18.2 Å². The van der Waals surface area contributed by atoms with Crippen LogP contribution < -0.4 is 15.4 Å². The van der Waals surface area contributed by atoms with Gasteiger partial charge >= 0.3 is 6.01 Å². The molecule has 2 fully saturated rings. The van der Waals surface area contributed by atoms with Crippen LogP contribution in [0.4, 0.5) is 24.1 Å². The number of anilines is 2. The van der Waals surface area contributed by atoms with Gasteiger partial charge in [-0.15, -0.1) is 0 Å². The molecule has 1 aromatic carbocycles. The minimum absolute atomic E-state index is 0.00689. The fraction of sp³-hybridized carbons (Fsp3) is 0.429. The first-order chi connectivity index (χ1) is 19.4. The van der Waals surface area contributed by atoms with Crippen LogP contribution in [0.1, 0.15) is 32.1 Å². The number of alkyl halides is 1. The first kappa shape index (κ1) is 25.5. The van der Waals surface area contributed by atoms with Gasteiger partial charge in [0.1, 0.15) is 35.6 Å². The van der Waals surface area contributed by atoms with Crippen molar-refractivity contribution < 1.29 is 17.9 Å². The van der Waals surface area contributed by atoms with Crippen LogP contribution in [0.3, 0.4) is 0 Å². The summed E-state index contributed by atoms with van der Waals surface area (Å²) < 4.78 is 51.5. The van der Waals surface area contributed by atoms with Gasteiger partial charge in [-0.2, -0.15) is 9.97 Å². The van der Waals surface area contributed by atoms with E-state index in [-0.39, 0.29) is 39.2 Å². The zero-order valence-corrected chi connectivity index (χ0v) is 22.6. The SMILES string of the molecule is Nc1nc2c(-c3ncc4c(N5CCC=CCC5)nc(OCC56CCCN5CC(F)C6)nc4c3F)ccc(F)c2s1. The van der Waals surface area contributed by atoms with Crippen molar-refractivity contribution in [2.75, 3.05) is 43.4 Å². The first-order valence-corrected chi connectivity index (χ1v) is 14.4. The number of nitrogens with two attached hydrogens (primary N) is 1. The van der Waals surface area contributed by atoms with E-state index in [1.165, 1.54) is 12.1 Å². The molecule has 0 aliphatic carbocycles. The molecular formula is C28H28F3N7OS. The summed E-state index contributed by atoms with van der Waals surface area (Å²) in [7, 11) is 0. The lowest BCUT2D eigenvalue weighted by atomic mass is 9.95. The van der Waals surface area contributed by atoms with Crippen LogP contribution in [0.15, 0.2) is 30.5 Å². The predicted molar refractivity (Wildman–Crippen MR) is 149 cm³/mol. The van der Waals surface area contributed by atoms with E-state index in [2.05, 4.69) is 36.9 Å². The Bertz CT molecular complexity index is 1640. The van der Waals surface area contributed by atoms with Crippen LogP contribution in [-0.2, 0) is 0 Å². The molecule has 208 valence electrons. The molecule has 4 aromatic rings. The van der Waals surface area contributed by atoms with Crippen molar-refractivity contribution in [3.8, 4) is 17.3 Å². The van der Waals surface area contributed by atoms with Crippen LogP contribution in [0.2, 0.25) is 0 Å². The van der Waals surface area contributed by atoms with Crippen LogP contribution >= 0.6 is 11.3 Å². The summed E-state index contributed by atoms with van der Waals surface area (Å²) in [5, 5.41) is 0.636. The molecular weight excluding hydrogens is 539 g/mol. The molecule has 2 atom stereocenters. The molecule has 0 saturated carbocycles. The highest BCUT2D eigenvalue weighted by molar-refractivity contribution is 7.22. The van der Waals surface area contributed by atoms with E-state index in [1.807, 2.05) is 0 Å². The molecule has 2 N–H and O–H groups in total. The lowest BCUT2D eigenvalue weighted by Crippen LogP contribution is -2.43.